The van der Waals surface area contributed by atoms with Crippen LogP contribution in [0.1, 0.15) is 33.3 Å². The van der Waals surface area contributed by atoms with E-state index in [9.17, 15) is 10.1 Å². The van der Waals surface area contributed by atoms with E-state index < -0.39 is 4.92 Å². The van der Waals surface area contributed by atoms with Gasteiger partial charge in [0, 0.05) is 25.4 Å². The Kier molecular flexibility index (Phi) is 9.25. The quantitative estimate of drug-likeness (QED) is 0.632. The lowest BCUT2D eigenvalue weighted by Crippen LogP contribution is -2.01. The molecule has 116 valence electrons. The summed E-state index contributed by atoms with van der Waals surface area (Å²) in [5, 5.41) is 14.8. The molecule has 2 rings (SSSR count). The van der Waals surface area contributed by atoms with E-state index in [0.29, 0.717) is 11.4 Å². The van der Waals surface area contributed by atoms with E-state index in [4.69, 9.17) is 4.74 Å². The fraction of sp³-hybridized carbons (Fsp3) is 0.400. The van der Waals surface area contributed by atoms with Crippen molar-refractivity contribution in [3.63, 3.8) is 0 Å². The van der Waals surface area contributed by atoms with Crippen LogP contribution in [-0.2, 0) is 13.7 Å². The molecule has 6 heteroatoms. The van der Waals surface area contributed by atoms with Crippen molar-refractivity contribution >= 4 is 5.69 Å². The summed E-state index contributed by atoms with van der Waals surface area (Å²) in [5.41, 5.74) is 0.589. The first-order chi connectivity index (χ1) is 10.2. The highest BCUT2D eigenvalue weighted by Gasteiger charge is 2.12. The zero-order valence-electron chi connectivity index (χ0n) is 13.2. The molecule has 0 unspecified atom stereocenters. The fourth-order valence-corrected chi connectivity index (χ4v) is 1.43. The van der Waals surface area contributed by atoms with Gasteiger partial charge in [-0.1, -0.05) is 39.8 Å². The second-order valence-corrected chi connectivity index (χ2v) is 3.50. The molecule has 1 aromatic heterocycles. The molecule has 1 aromatic carbocycles. The van der Waals surface area contributed by atoms with Gasteiger partial charge in [-0.05, 0) is 6.07 Å². The Bertz CT molecular complexity index is 538. The third kappa shape index (κ3) is 6.07. The van der Waals surface area contributed by atoms with Gasteiger partial charge in [-0.3, -0.25) is 14.8 Å². The number of hydrogen-bond donors (Lipinski definition) is 0. The number of ether oxygens (including phenoxy) is 1. The Hall–Kier alpha value is -2.37. The molecule has 2 aromatic rings. The minimum Gasteiger partial charge on any atom is -0.471 e. The van der Waals surface area contributed by atoms with Crippen molar-refractivity contribution in [2.24, 2.45) is 7.05 Å². The number of nitro groups is 1. The second-order valence-electron chi connectivity index (χ2n) is 3.50. The van der Waals surface area contributed by atoms with Crippen LogP contribution in [0.15, 0.2) is 36.5 Å². The van der Waals surface area contributed by atoms with Gasteiger partial charge in [-0.25, -0.2) is 0 Å². The molecule has 0 aliphatic rings. The summed E-state index contributed by atoms with van der Waals surface area (Å²) in [6.07, 6.45) is 1.74. The Morgan fingerprint density at radius 3 is 2.33 bits per heavy atom. The topological polar surface area (TPSA) is 70.2 Å². The fourth-order valence-electron chi connectivity index (χ4n) is 1.43. The Labute approximate surface area is 125 Å². The highest BCUT2D eigenvalue weighted by molar-refractivity contribution is 5.39. The molecule has 0 bridgehead atoms. The van der Waals surface area contributed by atoms with E-state index in [0.717, 1.165) is 0 Å². The van der Waals surface area contributed by atoms with E-state index in [1.165, 1.54) is 6.07 Å². The highest BCUT2D eigenvalue weighted by atomic mass is 16.6. The van der Waals surface area contributed by atoms with Crippen molar-refractivity contribution < 1.29 is 9.66 Å². The smallest absolute Gasteiger partial charge is 0.276 e. The summed E-state index contributed by atoms with van der Waals surface area (Å²) in [6.45, 7) is 8.13. The molecule has 0 spiro atoms. The summed E-state index contributed by atoms with van der Waals surface area (Å²) in [4.78, 5) is 10.3. The van der Waals surface area contributed by atoms with Crippen molar-refractivity contribution in [1.29, 1.82) is 0 Å². The summed E-state index contributed by atoms with van der Waals surface area (Å²) in [6, 6.07) is 8.19. The van der Waals surface area contributed by atoms with E-state index >= 15 is 0 Å². The molecule has 0 atom stereocenters. The number of aromatic nitrogens is 2. The van der Waals surface area contributed by atoms with Gasteiger partial charge >= 0.3 is 0 Å². The van der Waals surface area contributed by atoms with Crippen molar-refractivity contribution in [1.82, 2.24) is 9.78 Å². The number of aryl methyl sites for hydroxylation is 1. The minimum absolute atomic E-state index is 0.0587. The average Bonchev–Trinajstić information content (AvgIpc) is 2.95. The van der Waals surface area contributed by atoms with Gasteiger partial charge in [0.2, 0.25) is 5.88 Å². The van der Waals surface area contributed by atoms with Crippen molar-refractivity contribution in [2.45, 2.75) is 34.3 Å². The van der Waals surface area contributed by atoms with Gasteiger partial charge in [-0.2, -0.15) is 0 Å². The number of rotatable bonds is 4. The van der Waals surface area contributed by atoms with Gasteiger partial charge in [0.15, 0.2) is 0 Å². The SMILES string of the molecule is CC.CC.Cn1ccc(OCc2ccccc2[N+](=O)[O-])n1. The van der Waals surface area contributed by atoms with Crippen LogP contribution in [0, 0.1) is 10.1 Å². The predicted octanol–water partition coefficient (Wildman–Crippen LogP) is 3.96. The monoisotopic (exact) mass is 293 g/mol. The van der Waals surface area contributed by atoms with Gasteiger partial charge < -0.3 is 4.74 Å². The number of nitrogens with zero attached hydrogens (tertiary/aromatic N) is 3. The summed E-state index contributed by atoms with van der Waals surface area (Å²) in [7, 11) is 1.78. The van der Waals surface area contributed by atoms with E-state index in [1.54, 1.807) is 42.2 Å². The average molecular weight is 293 g/mol. The van der Waals surface area contributed by atoms with E-state index in [2.05, 4.69) is 5.10 Å². The van der Waals surface area contributed by atoms with Crippen LogP contribution in [0.2, 0.25) is 0 Å². The Balaban J connectivity index is 0.000000921. The summed E-state index contributed by atoms with van der Waals surface area (Å²) < 4.78 is 6.97. The summed E-state index contributed by atoms with van der Waals surface area (Å²) >= 11 is 0. The Morgan fingerprint density at radius 1 is 1.19 bits per heavy atom. The molecule has 0 N–H and O–H groups in total. The summed E-state index contributed by atoms with van der Waals surface area (Å²) in [5.74, 6) is 0.450. The van der Waals surface area contributed by atoms with Crippen molar-refractivity contribution in [2.75, 3.05) is 0 Å². The van der Waals surface area contributed by atoms with Crippen LogP contribution in [0.25, 0.3) is 0 Å². The third-order valence-corrected chi connectivity index (χ3v) is 2.25. The molecule has 0 saturated heterocycles. The highest BCUT2D eigenvalue weighted by Crippen LogP contribution is 2.19. The maximum atomic E-state index is 10.8. The van der Waals surface area contributed by atoms with Crippen molar-refractivity contribution in [3.8, 4) is 5.88 Å². The zero-order chi connectivity index (χ0) is 16.3. The van der Waals surface area contributed by atoms with Crippen LogP contribution >= 0.6 is 0 Å². The first kappa shape index (κ1) is 18.6. The van der Waals surface area contributed by atoms with E-state index in [1.807, 2.05) is 27.7 Å². The molecule has 0 aliphatic heterocycles. The first-order valence-electron chi connectivity index (χ1n) is 7.01. The number of benzene rings is 1. The number of para-hydroxylation sites is 1. The number of nitro benzene ring substituents is 1. The van der Waals surface area contributed by atoms with Crippen LogP contribution in [0.4, 0.5) is 5.69 Å². The van der Waals surface area contributed by atoms with Gasteiger partial charge in [-0.15, -0.1) is 5.10 Å². The van der Waals surface area contributed by atoms with Gasteiger partial charge in [0.1, 0.15) is 6.61 Å². The molecule has 0 radical (unpaired) electrons. The largest absolute Gasteiger partial charge is 0.471 e. The predicted molar refractivity (Wildman–Crippen MR) is 83.3 cm³/mol. The molecule has 0 amide bonds. The lowest BCUT2D eigenvalue weighted by molar-refractivity contribution is -0.385. The molecule has 0 fully saturated rings. The normalized spacial score (nSPS) is 8.81. The zero-order valence-corrected chi connectivity index (χ0v) is 13.2. The molecule has 21 heavy (non-hydrogen) atoms. The van der Waals surface area contributed by atoms with Crippen LogP contribution in [0.3, 0.4) is 0 Å². The molecule has 1 heterocycles. The van der Waals surface area contributed by atoms with Gasteiger partial charge in [0.25, 0.3) is 5.69 Å². The molecular weight excluding hydrogens is 270 g/mol. The first-order valence-corrected chi connectivity index (χ1v) is 7.01. The standard InChI is InChI=1S/C11H11N3O3.2C2H6/c1-13-7-6-11(12-13)17-8-9-4-2-3-5-10(9)14(15)16;2*1-2/h2-7H,8H2,1H3;2*1-2H3. The van der Waals surface area contributed by atoms with Crippen molar-refractivity contribution in [3.05, 3.63) is 52.2 Å². The number of hydrogen-bond acceptors (Lipinski definition) is 4. The lowest BCUT2D eigenvalue weighted by atomic mass is 10.2. The minimum atomic E-state index is -0.420. The molecular formula is C15H23N3O3. The van der Waals surface area contributed by atoms with E-state index in [-0.39, 0.29) is 12.3 Å². The molecule has 6 nitrogen and oxygen atoms in total. The second kappa shape index (κ2) is 10.4. The maximum absolute atomic E-state index is 10.8. The Morgan fingerprint density at radius 2 is 1.81 bits per heavy atom. The van der Waals surface area contributed by atoms with Crippen LogP contribution in [0.5, 0.6) is 5.88 Å². The maximum Gasteiger partial charge on any atom is 0.276 e. The molecule has 0 aliphatic carbocycles. The molecule has 0 saturated carbocycles. The third-order valence-electron chi connectivity index (χ3n) is 2.25. The lowest BCUT2D eigenvalue weighted by Gasteiger charge is -2.03. The van der Waals surface area contributed by atoms with Gasteiger partial charge in [0.05, 0.1) is 10.5 Å². The van der Waals surface area contributed by atoms with Crippen LogP contribution in [-0.4, -0.2) is 14.7 Å². The van der Waals surface area contributed by atoms with Crippen LogP contribution < -0.4 is 4.74 Å².